The molecule has 0 saturated carbocycles. The average Bonchev–Trinajstić information content (AvgIpc) is 1.06. The predicted molar refractivity (Wildman–Crippen MR) is 315 cm³/mol. The van der Waals surface area contributed by atoms with Gasteiger partial charge < -0.3 is 0 Å². The minimum atomic E-state index is -5.84. The largest absolute Gasteiger partial charge is 0.522 e. The number of alkyl halides is 51. The maximum Gasteiger partial charge on any atom is 0.522 e. The Morgan fingerprint density at radius 2 is 0.0876 bits per heavy atom. The van der Waals surface area contributed by atoms with Gasteiger partial charge in [0.05, 0.1) is 0 Å². The van der Waals surface area contributed by atoms with Gasteiger partial charge in [-0.1, -0.05) is 0 Å². The summed E-state index contributed by atoms with van der Waals surface area (Å²) in [6.45, 7) is 0. The van der Waals surface area contributed by atoms with E-state index in [9.17, 15) is 224 Å². The lowest BCUT2D eigenvalue weighted by atomic mass is 11.6. The van der Waals surface area contributed by atoms with Gasteiger partial charge in [-0.05, 0) is 0 Å². The van der Waals surface area contributed by atoms with E-state index in [1.807, 2.05) is 0 Å². The Morgan fingerprint density at radius 3 is 0.0876 bits per heavy atom. The molecule has 0 spiro atoms. The first-order chi connectivity index (χ1) is 55.2. The minimum Gasteiger partial charge on any atom is -0.279 e. The lowest BCUT2D eigenvalue weighted by Gasteiger charge is -1.97. The second kappa shape index (κ2) is 56.4. The van der Waals surface area contributed by atoms with Crippen LogP contribution in [0.25, 0.3) is 0 Å². The fourth-order valence-corrected chi connectivity index (χ4v) is 0. The molecule has 858 valence electrons. The van der Waals surface area contributed by atoms with Crippen LogP contribution in [0.2, 0.25) is 0 Å². The summed E-state index contributed by atoms with van der Waals surface area (Å²) in [5.41, 5.74) is -94.1. The molecular weight excluding hydrogens is 2660 g/mol. The van der Waals surface area contributed by atoms with Crippen LogP contribution in [-0.4, -0.2) is 314 Å². The van der Waals surface area contributed by atoms with Gasteiger partial charge in [-0.25, -0.2) is 0 Å². The van der Waals surface area contributed by atoms with Gasteiger partial charge in [0.15, 0.2) is 0 Å². The van der Waals surface area contributed by atoms with Gasteiger partial charge in [-0.15, -0.1) is 24.0 Å². The van der Waals surface area contributed by atoms with Gasteiger partial charge in [0.1, 0.15) is 0 Å². The number of hydrogen-bond donors (Lipinski definition) is 17. The zero-order valence-corrected chi connectivity index (χ0v) is 72.8. The second-order valence-electron chi connectivity index (χ2n) is 15.7. The van der Waals surface area contributed by atoms with Crippen molar-refractivity contribution in [3.8, 4) is 0 Å². The lowest BCUT2D eigenvalue weighted by Crippen LogP contribution is -2.21. The first-order valence-electron chi connectivity index (χ1n) is 21.9. The summed E-state index contributed by atoms with van der Waals surface area (Å²) < 4.78 is 978. The Kier molecular flexibility index (Phi) is 71.9. The Bertz CT molecular complexity index is 4250. The summed E-state index contributed by atoms with van der Waals surface area (Å²) >= 11 is 0. The molecule has 0 atom stereocenters. The highest BCUT2D eigenvalue weighted by Crippen LogP contribution is 2.30. The van der Waals surface area contributed by atoms with Crippen molar-refractivity contribution in [3.05, 3.63) is 0 Å². The van der Waals surface area contributed by atoms with Crippen molar-refractivity contribution >= 4 is 196 Å². The molecule has 137 heavy (non-hydrogen) atoms. The molecule has 0 radical (unpaired) electrons. The normalized spacial score (nSPS) is 13.9. The molecule has 0 bridgehead atoms. The van der Waals surface area contributed by atoms with Crippen molar-refractivity contribution in [1.82, 2.24) is 0 Å². The topological polar surface area (TPSA) is 924 Å². The molecular formula is C17H18F51IO51S17. The summed E-state index contributed by atoms with van der Waals surface area (Å²) in [6.07, 6.45) is 0. The quantitative estimate of drug-likeness (QED) is 0.0489. The van der Waals surface area contributed by atoms with E-state index in [1.54, 1.807) is 0 Å². The van der Waals surface area contributed by atoms with E-state index in [0.717, 1.165) is 0 Å². The van der Waals surface area contributed by atoms with Crippen molar-refractivity contribution in [1.29, 1.82) is 0 Å². The first kappa shape index (κ1) is 175. The summed E-state index contributed by atoms with van der Waals surface area (Å²) in [7, 11) is -99.3. The van der Waals surface area contributed by atoms with E-state index in [4.69, 9.17) is 220 Å². The third-order valence-electron chi connectivity index (χ3n) is 4.97. The van der Waals surface area contributed by atoms with Crippen LogP contribution in [0.1, 0.15) is 0 Å². The number of hydrogen-bond acceptors (Lipinski definition) is 34. The van der Waals surface area contributed by atoms with Crippen LogP contribution in [0.4, 0.5) is 224 Å². The van der Waals surface area contributed by atoms with Crippen LogP contribution in [0.5, 0.6) is 0 Å². The highest BCUT2D eigenvalue weighted by molar-refractivity contribution is 14.0. The van der Waals surface area contributed by atoms with Crippen molar-refractivity contribution in [2.45, 2.75) is 93.6 Å². The third-order valence-corrected chi connectivity index (χ3v) is 14.9. The van der Waals surface area contributed by atoms with E-state index >= 15 is 0 Å². The molecule has 0 unspecified atom stereocenters. The molecule has 0 aromatic heterocycles. The van der Waals surface area contributed by atoms with Crippen LogP contribution in [0, 0.1) is 0 Å². The van der Waals surface area contributed by atoms with E-state index < -0.39 is 266 Å². The minimum absolute atomic E-state index is 0. The van der Waals surface area contributed by atoms with Gasteiger partial charge in [-0.2, -0.15) is 367 Å². The fraction of sp³-hybridized carbons (Fsp3) is 1.00. The highest BCUT2D eigenvalue weighted by atomic mass is 127. The van der Waals surface area contributed by atoms with Crippen molar-refractivity contribution in [2.75, 3.05) is 0 Å². The molecule has 51 nitrogen and oxygen atoms in total. The maximum absolute atomic E-state index is 10.7. The van der Waals surface area contributed by atoms with Crippen molar-refractivity contribution in [3.63, 3.8) is 0 Å². The summed E-state index contributed by atoms with van der Waals surface area (Å²) in [5.74, 6) is 0. The van der Waals surface area contributed by atoms with Crippen LogP contribution < -0.4 is 0 Å². The molecule has 0 fully saturated rings. The number of halogens is 52. The monoisotopic (exact) mass is 2680 g/mol. The van der Waals surface area contributed by atoms with Crippen LogP contribution in [0.3, 0.4) is 0 Å². The molecule has 0 heterocycles. The molecule has 0 amide bonds. The highest BCUT2D eigenvalue weighted by Gasteiger charge is 2.54. The van der Waals surface area contributed by atoms with Crippen LogP contribution >= 0.6 is 24.0 Å². The molecule has 0 aliphatic rings. The molecule has 0 aromatic rings. The van der Waals surface area contributed by atoms with E-state index in [0.29, 0.717) is 0 Å². The smallest absolute Gasteiger partial charge is 0.279 e. The Balaban J connectivity index is -0.0000000686. The van der Waals surface area contributed by atoms with Gasteiger partial charge in [-0.3, -0.25) is 77.4 Å². The molecule has 120 heteroatoms. The van der Waals surface area contributed by atoms with Gasteiger partial charge >= 0.3 is 266 Å². The van der Waals surface area contributed by atoms with E-state index in [1.165, 1.54) is 0 Å². The average molecular weight is 2680 g/mol. The number of rotatable bonds is 0. The Morgan fingerprint density at radius 1 is 0.0803 bits per heavy atom. The zero-order chi connectivity index (χ0) is 119. The van der Waals surface area contributed by atoms with Gasteiger partial charge in [0.25, 0.3) is 0 Å². The van der Waals surface area contributed by atoms with E-state index in [-0.39, 0.29) is 24.0 Å². The molecule has 0 saturated heterocycles. The van der Waals surface area contributed by atoms with E-state index in [2.05, 4.69) is 0 Å². The molecule has 0 aliphatic heterocycles. The fourth-order valence-electron chi connectivity index (χ4n) is 0. The molecule has 0 aromatic carbocycles. The Hall–Kier alpha value is -4.37. The van der Waals surface area contributed by atoms with Crippen molar-refractivity contribution < 1.29 is 444 Å². The zero-order valence-electron chi connectivity index (χ0n) is 56.6. The lowest BCUT2D eigenvalue weighted by molar-refractivity contribution is -0.0514. The molecule has 17 N–H and O–H groups in total. The third kappa shape index (κ3) is 100. The standard InChI is InChI=1S/17CHF3O3S.HI/c17*2-1(3,4)8(5,6)7;/h17*(H,5,6,7);1H. The SMILES string of the molecule is I.O=S(=O)(O)C(F)(F)F.O=S(=O)(O)C(F)(F)F.O=S(=O)(O)C(F)(F)F.O=S(=O)(O)C(F)(F)F.O=S(=O)(O)C(F)(F)F.O=S(=O)(O)C(F)(F)F.O=S(=O)(O)C(F)(F)F.O=S(=O)(O)C(F)(F)F.O=S(=O)(O)C(F)(F)F.O=S(=O)(O)C(F)(F)F.O=S(=O)(O)C(F)(F)F.O=S(=O)(O)C(F)(F)F.O=S(=O)(O)C(F)(F)F.O=S(=O)(O)C(F)(F)F.O=S(=O)(O)C(F)(F)F.O=S(=O)(O)C(F)(F)F.O=S(=O)(O)C(F)(F)F. The maximum atomic E-state index is 10.7. The predicted octanol–water partition coefficient (Wildman–Crippen LogP) is 7.32. The van der Waals surface area contributed by atoms with Crippen LogP contribution in [-0.2, 0) is 172 Å². The first-order valence-corrected chi connectivity index (χ1v) is 46.4. The van der Waals surface area contributed by atoms with Gasteiger partial charge in [0.2, 0.25) is 0 Å². The summed E-state index contributed by atoms with van der Waals surface area (Å²) in [4.78, 5) is 0. The van der Waals surface area contributed by atoms with Gasteiger partial charge in [0, 0.05) is 0 Å². The van der Waals surface area contributed by atoms with Crippen LogP contribution in [0.15, 0.2) is 0 Å². The summed E-state index contributed by atoms with van der Waals surface area (Å²) in [5, 5.41) is 0. The second-order valence-corrected chi connectivity index (χ2v) is 39.7. The Labute approximate surface area is 730 Å². The molecule has 0 aliphatic carbocycles. The summed E-state index contributed by atoms with van der Waals surface area (Å²) in [6, 6.07) is 0. The molecule has 0 rings (SSSR count). The van der Waals surface area contributed by atoms with Crippen molar-refractivity contribution in [2.24, 2.45) is 0 Å².